The summed E-state index contributed by atoms with van der Waals surface area (Å²) < 4.78 is 15.0. The van der Waals surface area contributed by atoms with Crippen LogP contribution in [-0.2, 0) is 0 Å². The van der Waals surface area contributed by atoms with E-state index >= 15 is 0 Å². The highest BCUT2D eigenvalue weighted by atomic mass is 35.5. The van der Waals surface area contributed by atoms with Crippen LogP contribution in [0.1, 0.15) is 18.7 Å². The first-order chi connectivity index (χ1) is 14.0. The maximum Gasteiger partial charge on any atom is 0.127 e. The second-order valence-corrected chi connectivity index (χ2v) is 7.87. The van der Waals surface area contributed by atoms with E-state index in [1.54, 1.807) is 29.9 Å². The molecule has 29 heavy (non-hydrogen) atoms. The van der Waals surface area contributed by atoms with Gasteiger partial charge in [-0.2, -0.15) is 5.10 Å². The predicted molar refractivity (Wildman–Crippen MR) is 111 cm³/mol. The Morgan fingerprint density at radius 2 is 1.76 bits per heavy atom. The molecule has 0 bridgehead atoms. The number of halogens is 2. The van der Waals surface area contributed by atoms with Crippen LogP contribution < -0.4 is 0 Å². The zero-order valence-corrected chi connectivity index (χ0v) is 16.9. The Balaban J connectivity index is 1.76. The summed E-state index contributed by atoms with van der Waals surface area (Å²) in [6.45, 7) is 1.63. The van der Waals surface area contributed by atoms with Gasteiger partial charge in [0.2, 0.25) is 0 Å². The highest BCUT2D eigenvalue weighted by Gasteiger charge is 2.16. The molecule has 1 atom stereocenters. The Labute approximate surface area is 176 Å². The molecule has 4 rings (SSSR count). The quantitative estimate of drug-likeness (QED) is 0.467. The number of aliphatic hydroxyl groups excluding tert-OH is 1. The molecule has 4 aromatic rings. The third-order valence-electron chi connectivity index (χ3n) is 4.16. The van der Waals surface area contributed by atoms with Crippen molar-refractivity contribution in [1.29, 1.82) is 0 Å². The average molecular weight is 427 g/mol. The summed E-state index contributed by atoms with van der Waals surface area (Å²) in [5.74, 6) is -0.309. The van der Waals surface area contributed by atoms with Crippen LogP contribution in [0.3, 0.4) is 0 Å². The normalized spacial score (nSPS) is 12.1. The van der Waals surface area contributed by atoms with Gasteiger partial charge in [-0.05, 0) is 55.5 Å². The van der Waals surface area contributed by atoms with E-state index in [2.05, 4.69) is 15.1 Å². The molecule has 146 valence electrons. The molecule has 0 aliphatic heterocycles. The van der Waals surface area contributed by atoms with Crippen molar-refractivity contribution in [3.63, 3.8) is 0 Å². The molecule has 2 heterocycles. The maximum absolute atomic E-state index is 13.3. The van der Waals surface area contributed by atoms with Crippen molar-refractivity contribution < 1.29 is 9.50 Å². The summed E-state index contributed by atoms with van der Waals surface area (Å²) in [6, 6.07) is 13.6. The summed E-state index contributed by atoms with van der Waals surface area (Å²) in [6.07, 6.45) is 4.29. The van der Waals surface area contributed by atoms with Crippen molar-refractivity contribution in [3.8, 4) is 17.1 Å². The molecule has 2 aromatic carbocycles. The lowest BCUT2D eigenvalue weighted by atomic mass is 10.3. The summed E-state index contributed by atoms with van der Waals surface area (Å²) >= 11 is 7.50. The Hall–Kier alpha value is -2.74. The number of hydrogen-bond acceptors (Lipinski definition) is 5. The number of nitrogens with zero attached hydrogens (tertiary/aromatic N) is 4. The molecule has 8 heteroatoms. The van der Waals surface area contributed by atoms with Crippen molar-refractivity contribution in [3.05, 3.63) is 83.7 Å². The predicted octanol–water partition coefficient (Wildman–Crippen LogP) is 5.33. The molecular formula is C21H16ClFN4OS. The Morgan fingerprint density at radius 1 is 1.03 bits per heavy atom. The summed E-state index contributed by atoms with van der Waals surface area (Å²) in [5.41, 5.74) is 2.42. The molecule has 0 radical (unpaired) electrons. The van der Waals surface area contributed by atoms with E-state index in [1.165, 1.54) is 30.1 Å². The molecule has 0 saturated heterocycles. The monoisotopic (exact) mass is 426 g/mol. The van der Waals surface area contributed by atoms with Crippen molar-refractivity contribution in [1.82, 2.24) is 19.7 Å². The lowest BCUT2D eigenvalue weighted by Crippen LogP contribution is -1.98. The smallest absolute Gasteiger partial charge is 0.127 e. The Bertz CT molecular complexity index is 1110. The second kappa shape index (κ2) is 8.32. The number of aromatic nitrogens is 4. The summed E-state index contributed by atoms with van der Waals surface area (Å²) in [4.78, 5) is 10.5. The Kier molecular flexibility index (Phi) is 5.62. The van der Waals surface area contributed by atoms with Gasteiger partial charge in [-0.1, -0.05) is 23.4 Å². The number of rotatable bonds is 5. The topological polar surface area (TPSA) is 63.8 Å². The second-order valence-electron chi connectivity index (χ2n) is 6.32. The van der Waals surface area contributed by atoms with Crippen LogP contribution in [0.2, 0.25) is 5.02 Å². The number of aliphatic hydroxyl groups is 1. The lowest BCUT2D eigenvalue weighted by Gasteiger charge is -2.05. The van der Waals surface area contributed by atoms with Crippen LogP contribution in [-0.4, -0.2) is 24.9 Å². The molecule has 0 aliphatic carbocycles. The molecule has 5 nitrogen and oxygen atoms in total. The van der Waals surface area contributed by atoms with Gasteiger partial charge in [-0.25, -0.2) is 9.07 Å². The fraction of sp³-hybridized carbons (Fsp3) is 0.0952. The van der Waals surface area contributed by atoms with Crippen LogP contribution in [0.25, 0.3) is 17.1 Å². The van der Waals surface area contributed by atoms with Gasteiger partial charge in [0.05, 0.1) is 34.8 Å². The van der Waals surface area contributed by atoms with Crippen LogP contribution in [0.15, 0.2) is 76.9 Å². The minimum absolute atomic E-state index is 0.309. The van der Waals surface area contributed by atoms with Gasteiger partial charge in [0, 0.05) is 16.1 Å². The van der Waals surface area contributed by atoms with E-state index in [-0.39, 0.29) is 5.82 Å². The van der Waals surface area contributed by atoms with Crippen molar-refractivity contribution >= 4 is 23.4 Å². The number of hydrogen-bond donors (Lipinski definition) is 1. The molecule has 1 unspecified atom stereocenters. The standard InChI is InChI=1S/C21H16ClFN4OS/c1-13(28)18-10-25-19(11-24-18)21-20(29-17-8-2-14(22)3-9-17)12-27(26-21)16-6-4-15(23)5-7-16/h2-13,28H,1H3. The first-order valence-electron chi connectivity index (χ1n) is 8.79. The average Bonchev–Trinajstić information content (AvgIpc) is 3.14. The molecule has 0 spiro atoms. The van der Waals surface area contributed by atoms with Crippen molar-refractivity contribution in [2.75, 3.05) is 0 Å². The van der Waals surface area contributed by atoms with Gasteiger partial charge in [0.25, 0.3) is 0 Å². The zero-order chi connectivity index (χ0) is 20.4. The molecular weight excluding hydrogens is 411 g/mol. The Morgan fingerprint density at radius 3 is 2.38 bits per heavy atom. The van der Waals surface area contributed by atoms with E-state index in [9.17, 15) is 9.50 Å². The van der Waals surface area contributed by atoms with Crippen LogP contribution >= 0.6 is 23.4 Å². The van der Waals surface area contributed by atoms with Gasteiger partial charge in [-0.15, -0.1) is 0 Å². The van der Waals surface area contributed by atoms with E-state index in [1.807, 2.05) is 30.5 Å². The van der Waals surface area contributed by atoms with E-state index < -0.39 is 6.10 Å². The number of benzene rings is 2. The van der Waals surface area contributed by atoms with Crippen LogP contribution in [0.4, 0.5) is 4.39 Å². The SMILES string of the molecule is CC(O)c1cnc(-c2nn(-c3ccc(F)cc3)cc2Sc2ccc(Cl)cc2)cn1. The van der Waals surface area contributed by atoms with Gasteiger partial charge in [-0.3, -0.25) is 9.97 Å². The van der Waals surface area contributed by atoms with Gasteiger partial charge in [0.1, 0.15) is 17.2 Å². The van der Waals surface area contributed by atoms with E-state index in [0.29, 0.717) is 22.1 Å². The summed E-state index contributed by atoms with van der Waals surface area (Å²) in [7, 11) is 0. The fourth-order valence-electron chi connectivity index (χ4n) is 2.64. The molecule has 0 saturated carbocycles. The van der Waals surface area contributed by atoms with Crippen LogP contribution in [0, 0.1) is 5.82 Å². The van der Waals surface area contributed by atoms with E-state index in [0.717, 1.165) is 15.5 Å². The molecule has 0 fully saturated rings. The van der Waals surface area contributed by atoms with Gasteiger partial charge in [0.15, 0.2) is 0 Å². The van der Waals surface area contributed by atoms with Crippen molar-refractivity contribution in [2.45, 2.75) is 22.8 Å². The van der Waals surface area contributed by atoms with Crippen molar-refractivity contribution in [2.24, 2.45) is 0 Å². The van der Waals surface area contributed by atoms with E-state index in [4.69, 9.17) is 11.6 Å². The highest BCUT2D eigenvalue weighted by molar-refractivity contribution is 7.99. The zero-order valence-electron chi connectivity index (χ0n) is 15.3. The first kappa shape index (κ1) is 19.6. The largest absolute Gasteiger partial charge is 0.387 e. The maximum atomic E-state index is 13.3. The highest BCUT2D eigenvalue weighted by Crippen LogP contribution is 2.35. The molecule has 1 N–H and O–H groups in total. The third-order valence-corrected chi connectivity index (χ3v) is 5.43. The molecule has 0 amide bonds. The van der Waals surface area contributed by atoms with Gasteiger partial charge < -0.3 is 5.11 Å². The summed E-state index contributed by atoms with van der Waals surface area (Å²) in [5, 5.41) is 15.0. The minimum Gasteiger partial charge on any atom is -0.387 e. The lowest BCUT2D eigenvalue weighted by molar-refractivity contribution is 0.194. The fourth-order valence-corrected chi connectivity index (χ4v) is 3.69. The van der Waals surface area contributed by atoms with Gasteiger partial charge >= 0.3 is 0 Å². The van der Waals surface area contributed by atoms with Crippen LogP contribution in [0.5, 0.6) is 0 Å². The first-order valence-corrected chi connectivity index (χ1v) is 9.98. The minimum atomic E-state index is -0.698. The third kappa shape index (κ3) is 4.48. The molecule has 0 aliphatic rings. The molecule has 2 aromatic heterocycles.